The van der Waals surface area contributed by atoms with E-state index in [0.29, 0.717) is 11.2 Å². The fourth-order valence-electron chi connectivity index (χ4n) is 2.49. The van der Waals surface area contributed by atoms with E-state index >= 15 is 0 Å². The number of rotatable bonds is 1. The van der Waals surface area contributed by atoms with Gasteiger partial charge in [-0.05, 0) is 0 Å². The van der Waals surface area contributed by atoms with E-state index in [2.05, 4.69) is 15.0 Å². The number of carbonyl (C=O) groups is 1. The van der Waals surface area contributed by atoms with Crippen LogP contribution in [0.2, 0.25) is 0 Å². The summed E-state index contributed by atoms with van der Waals surface area (Å²) in [6.07, 6.45) is -3.06. The highest BCUT2D eigenvalue weighted by Gasteiger charge is 2.46. The van der Waals surface area contributed by atoms with Crippen LogP contribution in [0.1, 0.15) is 6.17 Å². The molecule has 0 radical (unpaired) electrons. The van der Waals surface area contributed by atoms with E-state index in [4.69, 9.17) is 5.73 Å². The van der Waals surface area contributed by atoms with Crippen molar-refractivity contribution in [1.29, 1.82) is 0 Å². The summed E-state index contributed by atoms with van der Waals surface area (Å²) in [5, 5.41) is 29.5. The number of aromatic nitrogens is 4. The first-order valence-corrected chi connectivity index (χ1v) is 6.17. The zero-order valence-corrected chi connectivity index (χ0v) is 11.0. The van der Waals surface area contributed by atoms with Crippen molar-refractivity contribution in [3.05, 3.63) is 12.7 Å². The number of nitrogens with two attached hydrogens (primary N) is 1. The van der Waals surface area contributed by atoms with Gasteiger partial charge in [0.1, 0.15) is 30.2 Å². The Morgan fingerprint density at radius 1 is 1.19 bits per heavy atom. The van der Waals surface area contributed by atoms with Crippen molar-refractivity contribution in [2.75, 3.05) is 12.8 Å². The Hall–Kier alpha value is -2.30. The topological polar surface area (TPSA) is 151 Å². The van der Waals surface area contributed by atoms with Crippen LogP contribution in [-0.4, -0.2) is 71.0 Å². The average Bonchev–Trinajstić information content (AvgIpc) is 2.89. The van der Waals surface area contributed by atoms with Crippen LogP contribution in [0.15, 0.2) is 12.7 Å². The van der Waals surface area contributed by atoms with Gasteiger partial charge in [0.05, 0.1) is 6.33 Å². The second-order valence-electron chi connectivity index (χ2n) is 4.87. The number of nitrogen functional groups attached to an aromatic ring is 1. The van der Waals surface area contributed by atoms with Gasteiger partial charge in [-0.3, -0.25) is 9.36 Å². The Bertz CT molecular complexity index is 703. The van der Waals surface area contributed by atoms with Crippen molar-refractivity contribution >= 4 is 22.9 Å². The lowest BCUT2D eigenvalue weighted by Gasteiger charge is -2.41. The first-order valence-electron chi connectivity index (χ1n) is 6.17. The number of aliphatic hydroxyl groups excluding tert-OH is 3. The molecule has 1 amide bonds. The van der Waals surface area contributed by atoms with Crippen molar-refractivity contribution in [3.63, 3.8) is 0 Å². The number of anilines is 1. The van der Waals surface area contributed by atoms with E-state index in [1.807, 2.05) is 0 Å². The summed E-state index contributed by atoms with van der Waals surface area (Å²) in [5.74, 6) is -0.541. The molecular weight excluding hydrogens is 280 g/mol. The predicted octanol–water partition coefficient (Wildman–Crippen LogP) is -2.54. The van der Waals surface area contributed by atoms with Gasteiger partial charge >= 0.3 is 0 Å². The molecule has 0 saturated carbocycles. The monoisotopic (exact) mass is 294 g/mol. The minimum Gasteiger partial charge on any atom is -0.387 e. The van der Waals surface area contributed by atoms with Gasteiger partial charge in [-0.25, -0.2) is 15.0 Å². The van der Waals surface area contributed by atoms with Gasteiger partial charge in [0.15, 0.2) is 17.6 Å². The van der Waals surface area contributed by atoms with Crippen molar-refractivity contribution in [1.82, 2.24) is 24.4 Å². The highest BCUT2D eigenvalue weighted by Crippen LogP contribution is 2.29. The Balaban J connectivity index is 2.13. The molecule has 0 aromatic carbocycles. The second-order valence-corrected chi connectivity index (χ2v) is 4.87. The first-order chi connectivity index (χ1) is 9.93. The van der Waals surface area contributed by atoms with Crippen molar-refractivity contribution in [2.24, 2.45) is 0 Å². The zero-order valence-electron chi connectivity index (χ0n) is 11.0. The number of hydrogen-bond acceptors (Lipinski definition) is 8. The lowest BCUT2D eigenvalue weighted by molar-refractivity contribution is -0.180. The molecule has 1 aliphatic heterocycles. The number of hydrogen-bond donors (Lipinski definition) is 4. The van der Waals surface area contributed by atoms with E-state index in [-0.39, 0.29) is 5.82 Å². The Morgan fingerprint density at radius 2 is 1.90 bits per heavy atom. The molecule has 112 valence electrons. The molecule has 1 fully saturated rings. The number of amides is 1. The van der Waals surface area contributed by atoms with E-state index in [1.165, 1.54) is 24.3 Å². The third kappa shape index (κ3) is 1.84. The third-order valence-corrected chi connectivity index (χ3v) is 3.65. The van der Waals surface area contributed by atoms with Gasteiger partial charge < -0.3 is 26.0 Å². The predicted molar refractivity (Wildman–Crippen MR) is 69.6 cm³/mol. The maximum Gasteiger partial charge on any atom is 0.255 e. The van der Waals surface area contributed by atoms with Crippen LogP contribution in [0.4, 0.5) is 5.82 Å². The molecular formula is C11H14N6O4. The van der Waals surface area contributed by atoms with Gasteiger partial charge in [-0.1, -0.05) is 0 Å². The molecule has 3 rings (SSSR count). The van der Waals surface area contributed by atoms with Gasteiger partial charge in [-0.15, -0.1) is 0 Å². The molecule has 10 nitrogen and oxygen atoms in total. The summed E-state index contributed by atoms with van der Waals surface area (Å²) in [4.78, 5) is 24.9. The standard InChI is InChI=1S/C11H14N6O4/c1-16-10(6(19)5(18)7(20)11(16)21)17-3-15-4-8(12)13-2-14-9(4)17/h2-3,5-7,10,18-20H,1H3,(H2,12,13,14)/t5-,6+,7-,10-/m0/s1. The molecule has 1 saturated heterocycles. The third-order valence-electron chi connectivity index (χ3n) is 3.65. The quantitative estimate of drug-likeness (QED) is 0.449. The normalized spacial score (nSPS) is 30.1. The molecule has 0 unspecified atom stereocenters. The van der Waals surface area contributed by atoms with Crippen molar-refractivity contribution in [2.45, 2.75) is 24.5 Å². The van der Waals surface area contributed by atoms with Gasteiger partial charge in [0.25, 0.3) is 5.91 Å². The van der Waals surface area contributed by atoms with E-state index < -0.39 is 30.4 Å². The number of carbonyl (C=O) groups excluding carboxylic acids is 1. The molecule has 0 aliphatic carbocycles. The molecule has 2 aromatic heterocycles. The largest absolute Gasteiger partial charge is 0.387 e. The number of aliphatic hydroxyl groups is 3. The molecule has 5 N–H and O–H groups in total. The van der Waals surface area contributed by atoms with Gasteiger partial charge in [0, 0.05) is 7.05 Å². The highest BCUT2D eigenvalue weighted by atomic mass is 16.4. The lowest BCUT2D eigenvalue weighted by Crippen LogP contribution is -2.60. The minimum atomic E-state index is -1.67. The summed E-state index contributed by atoms with van der Waals surface area (Å²) >= 11 is 0. The molecule has 0 bridgehead atoms. The summed E-state index contributed by atoms with van der Waals surface area (Å²) in [6, 6.07) is 0. The maximum absolute atomic E-state index is 11.9. The Morgan fingerprint density at radius 3 is 2.62 bits per heavy atom. The van der Waals surface area contributed by atoms with Crippen LogP contribution in [0.25, 0.3) is 11.2 Å². The lowest BCUT2D eigenvalue weighted by atomic mass is 9.98. The van der Waals surface area contributed by atoms with E-state index in [9.17, 15) is 20.1 Å². The van der Waals surface area contributed by atoms with Crippen LogP contribution >= 0.6 is 0 Å². The van der Waals surface area contributed by atoms with Crippen LogP contribution in [0.3, 0.4) is 0 Å². The first kappa shape index (κ1) is 13.7. The van der Waals surface area contributed by atoms with Crippen molar-refractivity contribution < 1.29 is 20.1 Å². The number of likely N-dealkylation sites (tertiary alicyclic amines) is 1. The van der Waals surface area contributed by atoms with Crippen molar-refractivity contribution in [3.8, 4) is 0 Å². The van der Waals surface area contributed by atoms with Crippen LogP contribution < -0.4 is 5.73 Å². The summed E-state index contributed by atoms with van der Waals surface area (Å²) in [7, 11) is 1.40. The zero-order chi connectivity index (χ0) is 15.3. The number of piperidine rings is 1. The Labute approximate surface area is 118 Å². The van der Waals surface area contributed by atoms with Crippen LogP contribution in [0.5, 0.6) is 0 Å². The number of likely N-dealkylation sites (N-methyl/N-ethyl adjacent to an activating group) is 1. The maximum atomic E-state index is 11.9. The van der Waals surface area contributed by atoms with Crippen LogP contribution in [0, 0.1) is 0 Å². The molecule has 4 atom stereocenters. The second kappa shape index (κ2) is 4.62. The van der Waals surface area contributed by atoms with Crippen LogP contribution in [-0.2, 0) is 4.79 Å². The summed E-state index contributed by atoms with van der Waals surface area (Å²) in [5.41, 5.74) is 6.33. The highest BCUT2D eigenvalue weighted by molar-refractivity contribution is 5.84. The number of imidazole rings is 1. The van der Waals surface area contributed by atoms with E-state index in [0.717, 1.165) is 4.90 Å². The Kier molecular flexibility index (Phi) is 3.01. The summed E-state index contributed by atoms with van der Waals surface area (Å²) in [6.45, 7) is 0. The fourth-order valence-corrected chi connectivity index (χ4v) is 2.49. The molecule has 2 aromatic rings. The number of nitrogens with zero attached hydrogens (tertiary/aromatic N) is 5. The van der Waals surface area contributed by atoms with Gasteiger partial charge in [0.2, 0.25) is 0 Å². The molecule has 1 aliphatic rings. The smallest absolute Gasteiger partial charge is 0.255 e. The van der Waals surface area contributed by atoms with E-state index in [1.54, 1.807) is 0 Å². The van der Waals surface area contributed by atoms with Gasteiger partial charge in [-0.2, -0.15) is 0 Å². The minimum absolute atomic E-state index is 0.165. The number of fused-ring (bicyclic) bond motifs is 1. The molecule has 10 heteroatoms. The fraction of sp³-hybridized carbons (Fsp3) is 0.455. The molecule has 3 heterocycles. The molecule has 0 spiro atoms. The SMILES string of the molecule is CN1C(=O)[C@@H](O)[C@@H](O)[C@@H](O)[C@@H]1n1cnc2c(N)ncnc21. The summed E-state index contributed by atoms with van der Waals surface area (Å²) < 4.78 is 1.41. The molecule has 21 heavy (non-hydrogen) atoms. The average molecular weight is 294 g/mol.